The summed E-state index contributed by atoms with van der Waals surface area (Å²) in [5, 5.41) is 9.76. The van der Waals surface area contributed by atoms with Crippen molar-refractivity contribution in [3.8, 4) is 16.9 Å². The minimum absolute atomic E-state index is 0.00624. The Morgan fingerprint density at radius 2 is 1.85 bits per heavy atom. The average Bonchev–Trinajstić information content (AvgIpc) is 3.66. The molecular weight excluding hydrogens is 459 g/mol. The van der Waals surface area contributed by atoms with Crippen molar-refractivity contribution < 1.29 is 27.4 Å². The Morgan fingerprint density at radius 1 is 1.21 bits per heavy atom. The number of hydrogen-bond acceptors (Lipinski definition) is 5. The quantitative estimate of drug-likeness (QED) is 0.672. The van der Waals surface area contributed by atoms with Crippen molar-refractivity contribution in [2.75, 3.05) is 26.7 Å². The standard InChI is InChI=1S/C25H31FN2O5S/c1-16-13-28(17(2)15-29)34(31,32)24-11-8-20(18-6-9-21(26)10-7-18)12-22(24)33-23(16)14-27(3)25(30)19-4-5-19/h6-12,16-17,19,23,29H,4-5,13-15H2,1-3H3/t16-,17-,23+/m0/s1. The van der Waals surface area contributed by atoms with E-state index in [4.69, 9.17) is 4.74 Å². The van der Waals surface area contributed by atoms with Crippen LogP contribution >= 0.6 is 0 Å². The summed E-state index contributed by atoms with van der Waals surface area (Å²) < 4.78 is 48.2. The molecule has 3 atom stereocenters. The van der Waals surface area contributed by atoms with Gasteiger partial charge in [-0.05, 0) is 55.2 Å². The molecule has 0 unspecified atom stereocenters. The molecule has 0 aromatic heterocycles. The van der Waals surface area contributed by atoms with E-state index in [0.717, 1.165) is 18.4 Å². The third-order valence-corrected chi connectivity index (χ3v) is 8.62. The van der Waals surface area contributed by atoms with Crippen molar-refractivity contribution in [1.29, 1.82) is 0 Å². The van der Waals surface area contributed by atoms with Crippen molar-refractivity contribution >= 4 is 15.9 Å². The predicted octanol–water partition coefficient (Wildman–Crippen LogP) is 3.13. The number of halogens is 1. The Kier molecular flexibility index (Phi) is 6.98. The van der Waals surface area contributed by atoms with Crippen molar-refractivity contribution in [3.63, 3.8) is 0 Å². The molecule has 1 aliphatic carbocycles. The van der Waals surface area contributed by atoms with E-state index in [9.17, 15) is 22.7 Å². The average molecular weight is 491 g/mol. The summed E-state index contributed by atoms with van der Waals surface area (Å²) in [6.45, 7) is 3.70. The molecular formula is C25H31FN2O5S. The molecule has 1 saturated carbocycles. The predicted molar refractivity (Wildman–Crippen MR) is 126 cm³/mol. The van der Waals surface area contributed by atoms with E-state index in [1.807, 2.05) is 6.92 Å². The summed E-state index contributed by atoms with van der Waals surface area (Å²) >= 11 is 0. The molecule has 9 heteroatoms. The Balaban J connectivity index is 1.76. The zero-order chi connectivity index (χ0) is 24.6. The van der Waals surface area contributed by atoms with Crippen LogP contribution in [0.1, 0.15) is 26.7 Å². The maximum absolute atomic E-state index is 13.6. The first-order valence-electron chi connectivity index (χ1n) is 11.6. The maximum atomic E-state index is 13.6. The number of hydrogen-bond donors (Lipinski definition) is 1. The summed E-state index contributed by atoms with van der Waals surface area (Å²) in [7, 11) is -2.21. The number of carbonyl (C=O) groups excluding carboxylic acids is 1. The molecule has 34 heavy (non-hydrogen) atoms. The molecule has 0 bridgehead atoms. The SMILES string of the molecule is C[C@H]1CN([C@@H](C)CO)S(=O)(=O)c2ccc(-c3ccc(F)cc3)cc2O[C@@H]1CN(C)C(=O)C1CC1. The number of aliphatic hydroxyl groups is 1. The summed E-state index contributed by atoms with van der Waals surface area (Å²) in [6.07, 6.45) is 1.33. The second-order valence-electron chi connectivity index (χ2n) is 9.40. The second kappa shape index (κ2) is 9.64. The fourth-order valence-electron chi connectivity index (χ4n) is 4.27. The number of benzene rings is 2. The number of aliphatic hydroxyl groups excluding tert-OH is 1. The molecule has 1 amide bonds. The van der Waals surface area contributed by atoms with Gasteiger partial charge in [-0.2, -0.15) is 4.31 Å². The Labute approximate surface area is 200 Å². The molecule has 7 nitrogen and oxygen atoms in total. The molecule has 0 saturated heterocycles. The highest BCUT2D eigenvalue weighted by molar-refractivity contribution is 7.89. The van der Waals surface area contributed by atoms with Crippen LogP contribution in [0.4, 0.5) is 4.39 Å². The number of amides is 1. The topological polar surface area (TPSA) is 87.2 Å². The Hall–Kier alpha value is -2.49. The van der Waals surface area contributed by atoms with E-state index >= 15 is 0 Å². The van der Waals surface area contributed by atoms with E-state index in [1.54, 1.807) is 43.1 Å². The Morgan fingerprint density at radius 3 is 2.47 bits per heavy atom. The van der Waals surface area contributed by atoms with E-state index in [1.165, 1.54) is 22.5 Å². The number of carbonyl (C=O) groups is 1. The van der Waals surface area contributed by atoms with Crippen LogP contribution < -0.4 is 4.74 Å². The number of nitrogens with zero attached hydrogens (tertiary/aromatic N) is 2. The Bertz CT molecular complexity index is 1150. The van der Waals surface area contributed by atoms with Gasteiger partial charge in [0, 0.05) is 31.5 Å². The van der Waals surface area contributed by atoms with Crippen LogP contribution in [-0.2, 0) is 14.8 Å². The highest BCUT2D eigenvalue weighted by Crippen LogP contribution is 2.37. The smallest absolute Gasteiger partial charge is 0.247 e. The van der Waals surface area contributed by atoms with E-state index in [-0.39, 0.29) is 47.4 Å². The lowest BCUT2D eigenvalue weighted by molar-refractivity contribution is -0.132. The number of ether oxygens (including phenoxy) is 1. The van der Waals surface area contributed by atoms with Gasteiger partial charge in [-0.3, -0.25) is 4.79 Å². The first-order valence-corrected chi connectivity index (χ1v) is 13.0. The van der Waals surface area contributed by atoms with Gasteiger partial charge in [-0.15, -0.1) is 0 Å². The molecule has 1 fully saturated rings. The van der Waals surface area contributed by atoms with Crippen LogP contribution in [0.25, 0.3) is 11.1 Å². The van der Waals surface area contributed by atoms with Gasteiger partial charge in [0.2, 0.25) is 15.9 Å². The van der Waals surface area contributed by atoms with Crippen LogP contribution in [-0.4, -0.2) is 67.5 Å². The van der Waals surface area contributed by atoms with Crippen LogP contribution in [0, 0.1) is 17.7 Å². The zero-order valence-electron chi connectivity index (χ0n) is 19.6. The summed E-state index contributed by atoms with van der Waals surface area (Å²) in [6, 6.07) is 10.1. The monoisotopic (exact) mass is 490 g/mol. The molecule has 1 aliphatic heterocycles. The fraction of sp³-hybridized carbons (Fsp3) is 0.480. The minimum Gasteiger partial charge on any atom is -0.487 e. The number of rotatable bonds is 6. The fourth-order valence-corrected chi connectivity index (χ4v) is 6.09. The van der Waals surface area contributed by atoms with E-state index in [0.29, 0.717) is 12.1 Å². The molecule has 2 aromatic carbocycles. The first-order chi connectivity index (χ1) is 16.1. The lowest BCUT2D eigenvalue weighted by Crippen LogP contribution is -2.50. The maximum Gasteiger partial charge on any atom is 0.247 e. The number of likely N-dealkylation sites (N-methyl/N-ethyl adjacent to an activating group) is 1. The van der Waals surface area contributed by atoms with Gasteiger partial charge in [-0.25, -0.2) is 12.8 Å². The van der Waals surface area contributed by atoms with Crippen LogP contribution in [0.5, 0.6) is 5.75 Å². The van der Waals surface area contributed by atoms with Crippen LogP contribution in [0.3, 0.4) is 0 Å². The van der Waals surface area contributed by atoms with Crippen molar-refractivity contribution in [3.05, 3.63) is 48.3 Å². The molecule has 2 aliphatic rings. The first kappa shape index (κ1) is 24.6. The highest BCUT2D eigenvalue weighted by atomic mass is 32.2. The summed E-state index contributed by atoms with van der Waals surface area (Å²) in [4.78, 5) is 14.2. The molecule has 2 aromatic rings. The van der Waals surface area contributed by atoms with Gasteiger partial charge in [-0.1, -0.05) is 25.1 Å². The van der Waals surface area contributed by atoms with Crippen molar-refractivity contribution in [2.24, 2.45) is 11.8 Å². The zero-order valence-corrected chi connectivity index (χ0v) is 20.5. The van der Waals surface area contributed by atoms with E-state index < -0.39 is 22.2 Å². The summed E-state index contributed by atoms with van der Waals surface area (Å²) in [5.41, 5.74) is 1.41. The molecule has 0 radical (unpaired) electrons. The third-order valence-electron chi connectivity index (χ3n) is 6.60. The largest absolute Gasteiger partial charge is 0.487 e. The van der Waals surface area contributed by atoms with Crippen LogP contribution in [0.2, 0.25) is 0 Å². The normalized spacial score (nSPS) is 23.2. The summed E-state index contributed by atoms with van der Waals surface area (Å²) in [5.74, 6) is -0.287. The number of fused-ring (bicyclic) bond motifs is 1. The van der Waals surface area contributed by atoms with Crippen molar-refractivity contribution in [2.45, 2.75) is 43.7 Å². The molecule has 1 N–H and O–H groups in total. The second-order valence-corrected chi connectivity index (χ2v) is 11.3. The van der Waals surface area contributed by atoms with Gasteiger partial charge in [0.05, 0.1) is 13.2 Å². The van der Waals surface area contributed by atoms with Gasteiger partial charge in [0.25, 0.3) is 0 Å². The van der Waals surface area contributed by atoms with Gasteiger partial charge in [0.1, 0.15) is 22.6 Å². The lowest BCUT2D eigenvalue weighted by Gasteiger charge is -2.37. The van der Waals surface area contributed by atoms with Gasteiger partial charge < -0.3 is 14.7 Å². The lowest BCUT2D eigenvalue weighted by atomic mass is 10.0. The molecule has 184 valence electrons. The van der Waals surface area contributed by atoms with Crippen molar-refractivity contribution in [1.82, 2.24) is 9.21 Å². The number of sulfonamides is 1. The van der Waals surface area contributed by atoms with E-state index in [2.05, 4.69) is 0 Å². The third kappa shape index (κ3) is 4.96. The molecule has 4 rings (SSSR count). The van der Waals surface area contributed by atoms with Gasteiger partial charge in [0.15, 0.2) is 0 Å². The van der Waals surface area contributed by atoms with Gasteiger partial charge >= 0.3 is 0 Å². The molecule has 0 spiro atoms. The minimum atomic E-state index is -3.96. The van der Waals surface area contributed by atoms with Crippen LogP contribution in [0.15, 0.2) is 47.4 Å². The highest BCUT2D eigenvalue weighted by Gasteiger charge is 2.39. The molecule has 1 heterocycles.